The van der Waals surface area contributed by atoms with Gasteiger partial charge in [0.25, 0.3) is 0 Å². The number of carbonyl (C=O) groups is 1. The van der Waals surface area contributed by atoms with Crippen LogP contribution in [0.25, 0.3) is 16.8 Å². The van der Waals surface area contributed by atoms with E-state index in [4.69, 9.17) is 9.47 Å². The first-order chi connectivity index (χ1) is 14.0. The normalized spacial score (nSPS) is 10.9. The molecule has 0 unspecified atom stereocenters. The van der Waals surface area contributed by atoms with Crippen molar-refractivity contribution in [3.05, 3.63) is 64.6 Å². The van der Waals surface area contributed by atoms with Gasteiger partial charge in [-0.15, -0.1) is 11.3 Å². The largest absolute Gasteiger partial charge is 0.493 e. The van der Waals surface area contributed by atoms with Gasteiger partial charge >= 0.3 is 0 Å². The van der Waals surface area contributed by atoms with Crippen LogP contribution in [-0.2, 0) is 0 Å². The van der Waals surface area contributed by atoms with E-state index in [-0.39, 0.29) is 5.78 Å². The van der Waals surface area contributed by atoms with Crippen LogP contribution in [0.3, 0.4) is 0 Å². The molecule has 0 atom stereocenters. The monoisotopic (exact) mass is 405 g/mol. The lowest BCUT2D eigenvalue weighted by molar-refractivity contribution is 0.101. The third-order valence-corrected chi connectivity index (χ3v) is 5.06. The number of rotatable bonds is 7. The van der Waals surface area contributed by atoms with E-state index >= 15 is 0 Å². The van der Waals surface area contributed by atoms with Crippen molar-refractivity contribution in [3.63, 3.8) is 0 Å². The highest BCUT2D eigenvalue weighted by Gasteiger charge is 2.12. The van der Waals surface area contributed by atoms with E-state index in [0.717, 1.165) is 16.9 Å². The second kappa shape index (κ2) is 9.04. The quantitative estimate of drug-likeness (QED) is 0.439. The Bertz CT molecular complexity index is 1110. The Morgan fingerprint density at radius 3 is 2.66 bits per heavy atom. The number of Topliss-reactive ketones (excluding diaryl/α,β-unsaturated/α-hetero) is 1. The molecule has 7 heteroatoms. The number of nitriles is 1. The molecule has 2 aromatic carbocycles. The lowest BCUT2D eigenvalue weighted by Crippen LogP contribution is -1.95. The number of ketones is 1. The van der Waals surface area contributed by atoms with Gasteiger partial charge < -0.3 is 14.8 Å². The molecule has 6 nitrogen and oxygen atoms in total. The van der Waals surface area contributed by atoms with E-state index in [1.165, 1.54) is 18.3 Å². The summed E-state index contributed by atoms with van der Waals surface area (Å²) in [5, 5.41) is 15.1. The first kappa shape index (κ1) is 20.1. The van der Waals surface area contributed by atoms with Crippen molar-refractivity contribution >= 4 is 28.4 Å². The molecule has 0 saturated heterocycles. The topological polar surface area (TPSA) is 84.2 Å². The molecule has 1 N–H and O–H groups in total. The average molecular weight is 405 g/mol. The molecular formula is C22H19N3O3S. The summed E-state index contributed by atoms with van der Waals surface area (Å²) in [4.78, 5) is 16.1. The number of benzene rings is 2. The van der Waals surface area contributed by atoms with Gasteiger partial charge in [-0.2, -0.15) is 5.26 Å². The average Bonchev–Trinajstić information content (AvgIpc) is 3.24. The predicted octanol–water partition coefficient (Wildman–Crippen LogP) is 5.01. The zero-order chi connectivity index (χ0) is 20.8. The first-order valence-corrected chi connectivity index (χ1v) is 9.59. The van der Waals surface area contributed by atoms with Gasteiger partial charge in [-0.1, -0.05) is 12.1 Å². The summed E-state index contributed by atoms with van der Waals surface area (Å²) in [5.41, 5.74) is 3.33. The first-order valence-electron chi connectivity index (χ1n) is 8.71. The van der Waals surface area contributed by atoms with E-state index < -0.39 is 0 Å². The minimum Gasteiger partial charge on any atom is -0.493 e. The highest BCUT2D eigenvalue weighted by atomic mass is 32.1. The van der Waals surface area contributed by atoms with Gasteiger partial charge in [0.05, 0.1) is 19.9 Å². The summed E-state index contributed by atoms with van der Waals surface area (Å²) in [6.45, 7) is 1.51. The number of methoxy groups -OCH3 is 2. The standard InChI is InChI=1S/C22H19N3O3S/c1-14(26)15-5-4-6-18(9-15)24-12-17(11-23)22-25-19(13-29-22)16-7-8-20(27-2)21(10-16)28-3/h4-10,12-13,24H,1-3H3/b17-12-. The second-order valence-corrected chi connectivity index (χ2v) is 6.92. The van der Waals surface area contributed by atoms with Crippen molar-refractivity contribution in [2.75, 3.05) is 19.5 Å². The molecule has 3 rings (SSSR count). The summed E-state index contributed by atoms with van der Waals surface area (Å²) >= 11 is 1.38. The number of aromatic nitrogens is 1. The minimum absolute atomic E-state index is 0.0161. The van der Waals surface area contributed by atoms with Crippen LogP contribution in [0.5, 0.6) is 11.5 Å². The number of ether oxygens (including phenoxy) is 2. The lowest BCUT2D eigenvalue weighted by Gasteiger charge is -2.08. The van der Waals surface area contributed by atoms with Crippen LogP contribution in [0.15, 0.2) is 54.0 Å². The molecule has 0 amide bonds. The number of allylic oxidation sites excluding steroid dienone is 1. The van der Waals surface area contributed by atoms with E-state index in [9.17, 15) is 10.1 Å². The maximum Gasteiger partial charge on any atom is 0.161 e. The number of nitrogens with one attached hydrogen (secondary N) is 1. The minimum atomic E-state index is -0.0161. The number of anilines is 1. The maximum absolute atomic E-state index is 11.5. The number of nitrogens with zero attached hydrogens (tertiary/aromatic N) is 2. The van der Waals surface area contributed by atoms with Gasteiger partial charge in [0.15, 0.2) is 17.3 Å². The number of thiazole rings is 1. The Morgan fingerprint density at radius 1 is 1.17 bits per heavy atom. The molecule has 0 bridgehead atoms. The van der Waals surface area contributed by atoms with Gasteiger partial charge in [0.1, 0.15) is 16.6 Å². The van der Waals surface area contributed by atoms with Crippen molar-refractivity contribution in [1.29, 1.82) is 5.26 Å². The van der Waals surface area contributed by atoms with Gasteiger partial charge in [-0.05, 0) is 37.3 Å². The molecule has 0 spiro atoms. The molecule has 0 aliphatic rings. The van der Waals surface area contributed by atoms with Gasteiger partial charge in [0.2, 0.25) is 0 Å². The van der Waals surface area contributed by atoms with E-state index in [1.807, 2.05) is 29.6 Å². The van der Waals surface area contributed by atoms with Crippen molar-refractivity contribution < 1.29 is 14.3 Å². The summed E-state index contributed by atoms with van der Waals surface area (Å²) in [6.07, 6.45) is 1.59. The smallest absolute Gasteiger partial charge is 0.161 e. The number of hydrogen-bond donors (Lipinski definition) is 1. The molecule has 0 fully saturated rings. The predicted molar refractivity (Wildman–Crippen MR) is 114 cm³/mol. The van der Waals surface area contributed by atoms with Crippen LogP contribution in [0.1, 0.15) is 22.3 Å². The van der Waals surface area contributed by atoms with E-state index in [1.54, 1.807) is 38.6 Å². The molecule has 0 aliphatic carbocycles. The van der Waals surface area contributed by atoms with Crippen LogP contribution < -0.4 is 14.8 Å². The van der Waals surface area contributed by atoms with Crippen LogP contribution in [0.2, 0.25) is 0 Å². The van der Waals surface area contributed by atoms with Gasteiger partial charge in [0, 0.05) is 28.4 Å². The van der Waals surface area contributed by atoms with Crippen molar-refractivity contribution in [2.45, 2.75) is 6.92 Å². The molecule has 0 aliphatic heterocycles. The third-order valence-electron chi connectivity index (χ3n) is 4.19. The van der Waals surface area contributed by atoms with Gasteiger partial charge in [-0.3, -0.25) is 4.79 Å². The lowest BCUT2D eigenvalue weighted by atomic mass is 10.1. The molecule has 1 heterocycles. The summed E-state index contributed by atoms with van der Waals surface area (Å²) < 4.78 is 10.6. The summed E-state index contributed by atoms with van der Waals surface area (Å²) in [6, 6.07) is 14.8. The SMILES string of the molecule is COc1ccc(-c2csc(/C(C#N)=C\Nc3cccc(C(C)=O)c3)n2)cc1OC. The molecular weight excluding hydrogens is 386 g/mol. The summed E-state index contributed by atoms with van der Waals surface area (Å²) in [7, 11) is 3.17. The van der Waals surface area contributed by atoms with Crippen molar-refractivity contribution in [2.24, 2.45) is 0 Å². The van der Waals surface area contributed by atoms with Crippen LogP contribution >= 0.6 is 11.3 Å². The fourth-order valence-electron chi connectivity index (χ4n) is 2.65. The Hall–Kier alpha value is -3.63. The van der Waals surface area contributed by atoms with E-state index in [2.05, 4.69) is 16.4 Å². The number of hydrogen-bond acceptors (Lipinski definition) is 7. The Balaban J connectivity index is 1.84. The summed E-state index contributed by atoms with van der Waals surface area (Å²) in [5.74, 6) is 1.24. The third kappa shape index (κ3) is 4.62. The fraction of sp³-hybridized carbons (Fsp3) is 0.136. The Morgan fingerprint density at radius 2 is 1.97 bits per heavy atom. The van der Waals surface area contributed by atoms with Crippen LogP contribution in [0, 0.1) is 11.3 Å². The molecule has 1 aromatic heterocycles. The Labute approximate surface area is 173 Å². The second-order valence-electron chi connectivity index (χ2n) is 6.06. The molecule has 146 valence electrons. The number of carbonyl (C=O) groups excluding carboxylic acids is 1. The van der Waals surface area contributed by atoms with E-state index in [0.29, 0.717) is 27.6 Å². The Kier molecular flexibility index (Phi) is 6.27. The van der Waals surface area contributed by atoms with Crippen molar-refractivity contribution in [1.82, 2.24) is 4.98 Å². The van der Waals surface area contributed by atoms with Crippen LogP contribution in [0.4, 0.5) is 5.69 Å². The molecule has 29 heavy (non-hydrogen) atoms. The maximum atomic E-state index is 11.5. The molecule has 0 radical (unpaired) electrons. The molecule has 3 aromatic rings. The van der Waals surface area contributed by atoms with Crippen molar-refractivity contribution in [3.8, 4) is 28.8 Å². The van der Waals surface area contributed by atoms with Gasteiger partial charge in [-0.25, -0.2) is 4.98 Å². The zero-order valence-corrected chi connectivity index (χ0v) is 17.0. The highest BCUT2D eigenvalue weighted by molar-refractivity contribution is 7.11. The highest BCUT2D eigenvalue weighted by Crippen LogP contribution is 2.33. The fourth-order valence-corrected chi connectivity index (χ4v) is 3.45. The van der Waals surface area contributed by atoms with Crippen LogP contribution in [-0.4, -0.2) is 25.0 Å². The zero-order valence-electron chi connectivity index (χ0n) is 16.2. The molecule has 0 saturated carbocycles.